The largest absolute Gasteiger partial charge is 0.493 e. The topological polar surface area (TPSA) is 44.5 Å². The highest BCUT2D eigenvalue weighted by molar-refractivity contribution is 6.30. The molecule has 0 fully saturated rings. The van der Waals surface area contributed by atoms with Gasteiger partial charge in [-0.15, -0.1) is 0 Å². The van der Waals surface area contributed by atoms with Crippen molar-refractivity contribution in [2.24, 2.45) is 5.73 Å². The van der Waals surface area contributed by atoms with Gasteiger partial charge in [0.25, 0.3) is 0 Å². The minimum absolute atomic E-state index is 0.0331. The van der Waals surface area contributed by atoms with Crippen molar-refractivity contribution in [2.75, 3.05) is 7.11 Å². The molecule has 2 N–H and O–H groups in total. The van der Waals surface area contributed by atoms with Gasteiger partial charge in [0, 0.05) is 11.1 Å². The zero-order valence-corrected chi connectivity index (χ0v) is 12.4. The SMILES string of the molecule is COc1cc([C@H](C)N)ccc1OCc1ccc(Cl)cc1. The van der Waals surface area contributed by atoms with Crippen molar-refractivity contribution < 1.29 is 9.47 Å². The quantitative estimate of drug-likeness (QED) is 0.907. The van der Waals surface area contributed by atoms with E-state index in [2.05, 4.69) is 0 Å². The molecule has 0 amide bonds. The fourth-order valence-electron chi connectivity index (χ4n) is 1.83. The average molecular weight is 292 g/mol. The lowest BCUT2D eigenvalue weighted by atomic mass is 10.1. The predicted molar refractivity (Wildman–Crippen MR) is 81.4 cm³/mol. The summed E-state index contributed by atoms with van der Waals surface area (Å²) in [4.78, 5) is 0. The van der Waals surface area contributed by atoms with E-state index in [9.17, 15) is 0 Å². The zero-order valence-electron chi connectivity index (χ0n) is 11.6. The summed E-state index contributed by atoms with van der Waals surface area (Å²) in [5.41, 5.74) is 7.92. The maximum Gasteiger partial charge on any atom is 0.161 e. The summed E-state index contributed by atoms with van der Waals surface area (Å²) in [6.07, 6.45) is 0. The first-order valence-electron chi connectivity index (χ1n) is 6.41. The van der Waals surface area contributed by atoms with E-state index in [0.29, 0.717) is 23.1 Å². The molecule has 0 aliphatic carbocycles. The van der Waals surface area contributed by atoms with Gasteiger partial charge in [0.1, 0.15) is 6.61 Å². The molecule has 0 aliphatic heterocycles. The highest BCUT2D eigenvalue weighted by Gasteiger charge is 2.08. The van der Waals surface area contributed by atoms with Gasteiger partial charge in [0.2, 0.25) is 0 Å². The van der Waals surface area contributed by atoms with Crippen molar-refractivity contribution in [3.05, 3.63) is 58.6 Å². The van der Waals surface area contributed by atoms with Gasteiger partial charge < -0.3 is 15.2 Å². The second-order valence-electron chi connectivity index (χ2n) is 4.61. The van der Waals surface area contributed by atoms with Crippen LogP contribution in [-0.2, 0) is 6.61 Å². The van der Waals surface area contributed by atoms with Gasteiger partial charge in [-0.1, -0.05) is 29.8 Å². The second kappa shape index (κ2) is 6.64. The molecule has 2 aromatic rings. The fourth-order valence-corrected chi connectivity index (χ4v) is 1.95. The van der Waals surface area contributed by atoms with E-state index >= 15 is 0 Å². The van der Waals surface area contributed by atoms with Gasteiger partial charge in [-0.05, 0) is 42.3 Å². The Kier molecular flexibility index (Phi) is 4.88. The van der Waals surface area contributed by atoms with Crippen LogP contribution in [0.25, 0.3) is 0 Å². The van der Waals surface area contributed by atoms with E-state index in [0.717, 1.165) is 11.1 Å². The predicted octanol–water partition coefficient (Wildman–Crippen LogP) is 3.95. The Morgan fingerprint density at radius 2 is 1.80 bits per heavy atom. The number of rotatable bonds is 5. The molecule has 0 heterocycles. The molecule has 0 aromatic heterocycles. The lowest BCUT2D eigenvalue weighted by Gasteiger charge is -2.13. The highest BCUT2D eigenvalue weighted by atomic mass is 35.5. The molecule has 0 saturated carbocycles. The normalized spacial score (nSPS) is 12.0. The summed E-state index contributed by atoms with van der Waals surface area (Å²) >= 11 is 5.85. The molecule has 1 atom stereocenters. The van der Waals surface area contributed by atoms with Crippen LogP contribution in [0.3, 0.4) is 0 Å². The third-order valence-electron chi connectivity index (χ3n) is 3.02. The lowest BCUT2D eigenvalue weighted by molar-refractivity contribution is 0.284. The Morgan fingerprint density at radius 3 is 2.40 bits per heavy atom. The number of nitrogens with two attached hydrogens (primary N) is 1. The highest BCUT2D eigenvalue weighted by Crippen LogP contribution is 2.30. The van der Waals surface area contributed by atoms with Crippen molar-refractivity contribution in [3.8, 4) is 11.5 Å². The van der Waals surface area contributed by atoms with Crippen LogP contribution < -0.4 is 15.2 Å². The molecule has 0 radical (unpaired) electrons. The van der Waals surface area contributed by atoms with E-state index in [-0.39, 0.29) is 6.04 Å². The smallest absolute Gasteiger partial charge is 0.161 e. The summed E-state index contributed by atoms with van der Waals surface area (Å²) in [5, 5.41) is 0.715. The van der Waals surface area contributed by atoms with E-state index in [1.54, 1.807) is 7.11 Å². The van der Waals surface area contributed by atoms with Crippen LogP contribution in [0.2, 0.25) is 5.02 Å². The van der Waals surface area contributed by atoms with Crippen molar-refractivity contribution >= 4 is 11.6 Å². The molecular formula is C16H18ClNO2. The van der Waals surface area contributed by atoms with Crippen molar-refractivity contribution in [3.63, 3.8) is 0 Å². The molecule has 4 heteroatoms. The van der Waals surface area contributed by atoms with Gasteiger partial charge in [-0.25, -0.2) is 0 Å². The first-order valence-corrected chi connectivity index (χ1v) is 6.78. The minimum Gasteiger partial charge on any atom is -0.493 e. The van der Waals surface area contributed by atoms with Gasteiger partial charge in [-0.2, -0.15) is 0 Å². The van der Waals surface area contributed by atoms with Crippen LogP contribution in [0, 0.1) is 0 Å². The van der Waals surface area contributed by atoms with Crippen molar-refractivity contribution in [2.45, 2.75) is 19.6 Å². The fraction of sp³-hybridized carbons (Fsp3) is 0.250. The van der Waals surface area contributed by atoms with Gasteiger partial charge >= 0.3 is 0 Å². The summed E-state index contributed by atoms with van der Waals surface area (Å²) in [6, 6.07) is 13.3. The summed E-state index contributed by atoms with van der Waals surface area (Å²) < 4.78 is 11.1. The number of halogens is 1. The first kappa shape index (κ1) is 14.7. The summed E-state index contributed by atoms with van der Waals surface area (Å²) in [7, 11) is 1.62. The van der Waals surface area contributed by atoms with E-state index in [1.807, 2.05) is 49.4 Å². The van der Waals surface area contributed by atoms with Crippen LogP contribution >= 0.6 is 11.6 Å². The second-order valence-corrected chi connectivity index (χ2v) is 5.05. The maximum atomic E-state index is 5.86. The average Bonchev–Trinajstić information content (AvgIpc) is 2.46. The number of hydrogen-bond donors (Lipinski definition) is 1. The molecule has 106 valence electrons. The van der Waals surface area contributed by atoms with E-state index in [4.69, 9.17) is 26.8 Å². The number of benzene rings is 2. The van der Waals surface area contributed by atoms with Crippen molar-refractivity contribution in [1.29, 1.82) is 0 Å². The molecule has 3 nitrogen and oxygen atoms in total. The van der Waals surface area contributed by atoms with Crippen LogP contribution in [-0.4, -0.2) is 7.11 Å². The van der Waals surface area contributed by atoms with Gasteiger partial charge in [-0.3, -0.25) is 0 Å². The van der Waals surface area contributed by atoms with Crippen LogP contribution in [0.5, 0.6) is 11.5 Å². The molecule has 2 aromatic carbocycles. The van der Waals surface area contributed by atoms with Crippen LogP contribution in [0.4, 0.5) is 0 Å². The third-order valence-corrected chi connectivity index (χ3v) is 3.27. The monoisotopic (exact) mass is 291 g/mol. The van der Waals surface area contributed by atoms with Crippen LogP contribution in [0.1, 0.15) is 24.1 Å². The summed E-state index contributed by atoms with van der Waals surface area (Å²) in [5.74, 6) is 1.39. The minimum atomic E-state index is -0.0331. The zero-order chi connectivity index (χ0) is 14.5. The van der Waals surface area contributed by atoms with E-state index in [1.165, 1.54) is 0 Å². The molecule has 2 rings (SSSR count). The lowest BCUT2D eigenvalue weighted by Crippen LogP contribution is -2.05. The number of hydrogen-bond acceptors (Lipinski definition) is 3. The first-order chi connectivity index (χ1) is 9.60. The molecular weight excluding hydrogens is 274 g/mol. The van der Waals surface area contributed by atoms with E-state index < -0.39 is 0 Å². The van der Waals surface area contributed by atoms with Gasteiger partial charge in [0.05, 0.1) is 7.11 Å². The Morgan fingerprint density at radius 1 is 1.10 bits per heavy atom. The molecule has 0 unspecified atom stereocenters. The third kappa shape index (κ3) is 3.65. The van der Waals surface area contributed by atoms with Crippen LogP contribution in [0.15, 0.2) is 42.5 Å². The molecule has 20 heavy (non-hydrogen) atoms. The number of ether oxygens (including phenoxy) is 2. The Bertz CT molecular complexity index is 567. The Labute approximate surface area is 124 Å². The Hall–Kier alpha value is -1.71. The van der Waals surface area contributed by atoms with Crippen molar-refractivity contribution in [1.82, 2.24) is 0 Å². The molecule has 0 spiro atoms. The Balaban J connectivity index is 2.10. The van der Waals surface area contributed by atoms with Gasteiger partial charge in [0.15, 0.2) is 11.5 Å². The maximum absolute atomic E-state index is 5.86. The molecule has 0 bridgehead atoms. The molecule has 0 aliphatic rings. The summed E-state index contributed by atoms with van der Waals surface area (Å²) in [6.45, 7) is 2.40. The standard InChI is InChI=1S/C16H18ClNO2/c1-11(18)13-5-8-15(16(9-13)19-2)20-10-12-3-6-14(17)7-4-12/h3-9,11H,10,18H2,1-2H3/t11-/m0/s1. The number of methoxy groups -OCH3 is 1. The molecule has 0 saturated heterocycles.